The lowest BCUT2D eigenvalue weighted by atomic mass is 10.2. The first-order valence-corrected chi connectivity index (χ1v) is 8.45. The van der Waals surface area contributed by atoms with E-state index in [1.165, 1.54) is 5.39 Å². The van der Waals surface area contributed by atoms with Crippen LogP contribution in [-0.4, -0.2) is 17.5 Å². The van der Waals surface area contributed by atoms with Crippen LogP contribution < -0.4 is 10.6 Å². The molecule has 0 radical (unpaired) electrons. The third-order valence-corrected chi connectivity index (χ3v) is 3.96. The van der Waals surface area contributed by atoms with E-state index in [-0.39, 0.29) is 0 Å². The average Bonchev–Trinajstić information content (AvgIpc) is 3.02. The number of aromatic amines is 1. The molecular weight excluding hydrogens is 320 g/mol. The van der Waals surface area contributed by atoms with Crippen molar-refractivity contribution in [2.45, 2.75) is 20.0 Å². The van der Waals surface area contributed by atoms with Crippen molar-refractivity contribution in [1.82, 2.24) is 15.6 Å². The van der Waals surface area contributed by atoms with E-state index in [1.807, 2.05) is 36.4 Å². The minimum absolute atomic E-state index is 0.610. The summed E-state index contributed by atoms with van der Waals surface area (Å²) in [5.41, 5.74) is 3.41. The van der Waals surface area contributed by atoms with Gasteiger partial charge in [-0.3, -0.25) is 0 Å². The van der Waals surface area contributed by atoms with Gasteiger partial charge in [0.2, 0.25) is 0 Å². The number of aliphatic imine (C=N–C) groups is 1. The van der Waals surface area contributed by atoms with Crippen molar-refractivity contribution in [2.24, 2.45) is 4.99 Å². The van der Waals surface area contributed by atoms with Crippen LogP contribution in [0.25, 0.3) is 10.9 Å². The Hall–Kier alpha value is -2.46. The zero-order valence-corrected chi connectivity index (χ0v) is 14.4. The van der Waals surface area contributed by atoms with E-state index in [2.05, 4.69) is 45.7 Å². The lowest BCUT2D eigenvalue weighted by Gasteiger charge is -2.10. The maximum absolute atomic E-state index is 5.91. The van der Waals surface area contributed by atoms with Gasteiger partial charge in [-0.25, -0.2) is 4.99 Å². The molecule has 0 saturated carbocycles. The first kappa shape index (κ1) is 16.4. The molecule has 24 heavy (non-hydrogen) atoms. The summed E-state index contributed by atoms with van der Waals surface area (Å²) in [4.78, 5) is 8.03. The Labute approximate surface area is 147 Å². The molecule has 124 valence electrons. The number of nitrogens with zero attached hydrogens (tertiary/aromatic N) is 1. The van der Waals surface area contributed by atoms with Crippen LogP contribution in [0.4, 0.5) is 0 Å². The molecule has 0 atom stereocenters. The number of aromatic nitrogens is 1. The van der Waals surface area contributed by atoms with Crippen molar-refractivity contribution in [3.63, 3.8) is 0 Å². The summed E-state index contributed by atoms with van der Waals surface area (Å²) < 4.78 is 0. The molecule has 0 amide bonds. The largest absolute Gasteiger partial charge is 0.357 e. The number of guanidine groups is 1. The SMILES string of the molecule is CCNC(=NCc1ccc(Cl)cc1)NCc1cc2ccccc2[nH]1. The van der Waals surface area contributed by atoms with Crippen molar-refractivity contribution in [2.75, 3.05) is 6.54 Å². The minimum atomic E-state index is 0.610. The molecule has 2 aromatic carbocycles. The van der Waals surface area contributed by atoms with Crippen LogP contribution in [-0.2, 0) is 13.1 Å². The molecule has 0 spiro atoms. The number of halogens is 1. The molecule has 1 heterocycles. The summed E-state index contributed by atoms with van der Waals surface area (Å²) in [6.45, 7) is 4.18. The Balaban J connectivity index is 1.64. The quantitative estimate of drug-likeness (QED) is 0.484. The van der Waals surface area contributed by atoms with E-state index in [0.29, 0.717) is 13.1 Å². The van der Waals surface area contributed by atoms with E-state index < -0.39 is 0 Å². The van der Waals surface area contributed by atoms with Crippen LogP contribution >= 0.6 is 11.6 Å². The highest BCUT2D eigenvalue weighted by molar-refractivity contribution is 6.30. The molecule has 0 saturated heterocycles. The van der Waals surface area contributed by atoms with Gasteiger partial charge in [0.25, 0.3) is 0 Å². The van der Waals surface area contributed by atoms with Crippen LogP contribution in [0.5, 0.6) is 0 Å². The van der Waals surface area contributed by atoms with Crippen LogP contribution in [0.2, 0.25) is 5.02 Å². The fourth-order valence-electron chi connectivity index (χ4n) is 2.51. The highest BCUT2D eigenvalue weighted by atomic mass is 35.5. The van der Waals surface area contributed by atoms with Gasteiger partial charge in [-0.2, -0.15) is 0 Å². The molecule has 0 aliphatic heterocycles. The van der Waals surface area contributed by atoms with Crippen LogP contribution in [0.1, 0.15) is 18.2 Å². The summed E-state index contributed by atoms with van der Waals surface area (Å²) in [5.74, 6) is 0.797. The molecule has 0 unspecified atom stereocenters. The summed E-state index contributed by atoms with van der Waals surface area (Å²) in [6.07, 6.45) is 0. The van der Waals surface area contributed by atoms with Crippen molar-refractivity contribution in [3.8, 4) is 0 Å². The lowest BCUT2D eigenvalue weighted by molar-refractivity contribution is 0.805. The monoisotopic (exact) mass is 340 g/mol. The van der Waals surface area contributed by atoms with Crippen LogP contribution in [0.15, 0.2) is 59.6 Å². The zero-order valence-electron chi connectivity index (χ0n) is 13.6. The van der Waals surface area contributed by atoms with E-state index in [1.54, 1.807) is 0 Å². The standard InChI is InChI=1S/C19H21ClN4/c1-2-21-19(22-12-14-7-9-16(20)10-8-14)23-13-17-11-15-5-3-4-6-18(15)24-17/h3-11,24H,2,12-13H2,1H3,(H2,21,22,23). The predicted octanol–water partition coefficient (Wildman–Crippen LogP) is 4.08. The maximum atomic E-state index is 5.91. The topological polar surface area (TPSA) is 52.2 Å². The van der Waals surface area contributed by atoms with E-state index in [9.17, 15) is 0 Å². The molecule has 0 aliphatic rings. The van der Waals surface area contributed by atoms with Crippen molar-refractivity contribution in [1.29, 1.82) is 0 Å². The lowest BCUT2D eigenvalue weighted by Crippen LogP contribution is -2.36. The maximum Gasteiger partial charge on any atom is 0.191 e. The summed E-state index contributed by atoms with van der Waals surface area (Å²) in [7, 11) is 0. The number of fused-ring (bicyclic) bond motifs is 1. The molecular formula is C19H21ClN4. The normalized spacial score (nSPS) is 11.7. The Morgan fingerprint density at radius 1 is 1.08 bits per heavy atom. The second-order valence-corrected chi connectivity index (χ2v) is 5.99. The third kappa shape index (κ3) is 4.30. The van der Waals surface area contributed by atoms with Crippen LogP contribution in [0, 0.1) is 0 Å². The zero-order chi connectivity index (χ0) is 16.8. The molecule has 5 heteroatoms. The highest BCUT2D eigenvalue weighted by Crippen LogP contribution is 2.14. The Kier molecular flexibility index (Phi) is 5.39. The van der Waals surface area contributed by atoms with Gasteiger partial charge in [0.05, 0.1) is 13.1 Å². The fraction of sp³-hybridized carbons (Fsp3) is 0.211. The van der Waals surface area contributed by atoms with Crippen molar-refractivity contribution in [3.05, 3.63) is 70.9 Å². The number of rotatable bonds is 5. The second kappa shape index (κ2) is 7.88. The molecule has 1 aromatic heterocycles. The highest BCUT2D eigenvalue weighted by Gasteiger charge is 2.02. The van der Waals surface area contributed by atoms with Gasteiger partial charge in [0.1, 0.15) is 0 Å². The summed E-state index contributed by atoms with van der Waals surface area (Å²) >= 11 is 5.91. The smallest absolute Gasteiger partial charge is 0.191 e. The molecule has 3 rings (SSSR count). The molecule has 3 aromatic rings. The summed E-state index contributed by atoms with van der Waals surface area (Å²) in [6, 6.07) is 18.2. The minimum Gasteiger partial charge on any atom is -0.357 e. The average molecular weight is 341 g/mol. The van der Waals surface area contributed by atoms with E-state index >= 15 is 0 Å². The second-order valence-electron chi connectivity index (χ2n) is 5.56. The summed E-state index contributed by atoms with van der Waals surface area (Å²) in [5, 5.41) is 8.59. The first-order valence-electron chi connectivity index (χ1n) is 8.08. The number of H-pyrrole nitrogens is 1. The van der Waals surface area contributed by atoms with Crippen molar-refractivity contribution < 1.29 is 0 Å². The molecule has 3 N–H and O–H groups in total. The van der Waals surface area contributed by atoms with Crippen LogP contribution in [0.3, 0.4) is 0 Å². The molecule has 0 aliphatic carbocycles. The van der Waals surface area contributed by atoms with Gasteiger partial charge in [-0.05, 0) is 42.1 Å². The molecule has 4 nitrogen and oxygen atoms in total. The van der Waals surface area contributed by atoms with Crippen molar-refractivity contribution >= 4 is 28.5 Å². The van der Waals surface area contributed by atoms with Gasteiger partial charge in [0, 0.05) is 22.8 Å². The first-order chi connectivity index (χ1) is 11.7. The van der Waals surface area contributed by atoms with Gasteiger partial charge >= 0.3 is 0 Å². The number of nitrogens with one attached hydrogen (secondary N) is 3. The number of hydrogen-bond acceptors (Lipinski definition) is 1. The van der Waals surface area contributed by atoms with E-state index in [0.717, 1.165) is 34.3 Å². The number of hydrogen-bond donors (Lipinski definition) is 3. The van der Waals surface area contributed by atoms with E-state index in [4.69, 9.17) is 11.6 Å². The van der Waals surface area contributed by atoms with Gasteiger partial charge in [0.15, 0.2) is 5.96 Å². The number of para-hydroxylation sites is 1. The Morgan fingerprint density at radius 2 is 1.88 bits per heavy atom. The molecule has 0 fully saturated rings. The van der Waals surface area contributed by atoms with Gasteiger partial charge in [-0.1, -0.05) is 41.9 Å². The Morgan fingerprint density at radius 3 is 2.62 bits per heavy atom. The van der Waals surface area contributed by atoms with Gasteiger partial charge < -0.3 is 15.6 Å². The fourth-order valence-corrected chi connectivity index (χ4v) is 2.64. The Bertz CT molecular complexity index is 788. The van der Waals surface area contributed by atoms with Gasteiger partial charge in [-0.15, -0.1) is 0 Å². The predicted molar refractivity (Wildman–Crippen MR) is 101 cm³/mol. The third-order valence-electron chi connectivity index (χ3n) is 3.71. The number of benzene rings is 2. The molecule has 0 bridgehead atoms.